The normalized spacial score (nSPS) is 12.3. The van der Waals surface area contributed by atoms with Gasteiger partial charge in [-0.25, -0.2) is 0 Å². The Bertz CT molecular complexity index is 428. The van der Waals surface area contributed by atoms with Gasteiger partial charge >= 0.3 is 5.97 Å². The maximum atomic E-state index is 11.6. The monoisotopic (exact) mass is 279 g/mol. The molecule has 0 aliphatic rings. The number of benzene rings is 1. The molecule has 1 atom stereocenters. The Morgan fingerprint density at radius 2 is 2.10 bits per heavy atom. The summed E-state index contributed by atoms with van der Waals surface area (Å²) in [6, 6.07) is 7.82. The molecule has 0 amide bonds. The van der Waals surface area contributed by atoms with Crippen LogP contribution in [0.5, 0.6) is 5.75 Å². The zero-order chi connectivity index (χ0) is 14.8. The van der Waals surface area contributed by atoms with Crippen molar-refractivity contribution in [3.05, 3.63) is 29.8 Å². The number of rotatable bonds is 8. The van der Waals surface area contributed by atoms with E-state index in [0.717, 1.165) is 18.6 Å². The van der Waals surface area contributed by atoms with Crippen LogP contribution < -0.4 is 4.74 Å². The smallest absolute Gasteiger partial charge is 0.314 e. The molecule has 1 aromatic carbocycles. The van der Waals surface area contributed by atoms with Crippen molar-refractivity contribution in [2.75, 3.05) is 13.7 Å². The standard InChI is InChI=1S/C15H21NO4/c1-3-20-15(17)13(11-16-18)6-4-5-12-7-9-14(19-2)10-8-12/h7-11,13,18H,3-6H2,1-2H3/b16-11-. The van der Waals surface area contributed by atoms with Crippen LogP contribution in [0.4, 0.5) is 0 Å². The summed E-state index contributed by atoms with van der Waals surface area (Å²) in [5, 5.41) is 11.5. The van der Waals surface area contributed by atoms with Gasteiger partial charge in [0.1, 0.15) is 5.75 Å². The van der Waals surface area contributed by atoms with E-state index >= 15 is 0 Å². The topological polar surface area (TPSA) is 68.1 Å². The highest BCUT2D eigenvalue weighted by Gasteiger charge is 2.17. The lowest BCUT2D eigenvalue weighted by molar-refractivity contribution is -0.145. The lowest BCUT2D eigenvalue weighted by Gasteiger charge is -2.10. The quantitative estimate of drug-likeness (QED) is 0.344. The summed E-state index contributed by atoms with van der Waals surface area (Å²) < 4.78 is 10.0. The summed E-state index contributed by atoms with van der Waals surface area (Å²) in [5.41, 5.74) is 1.18. The Balaban J connectivity index is 2.44. The van der Waals surface area contributed by atoms with Crippen LogP contribution in [0.2, 0.25) is 0 Å². The van der Waals surface area contributed by atoms with Crippen molar-refractivity contribution < 1.29 is 19.5 Å². The minimum Gasteiger partial charge on any atom is -0.497 e. The minimum absolute atomic E-state index is 0.326. The number of ether oxygens (including phenoxy) is 2. The number of carbonyl (C=O) groups excluding carboxylic acids is 1. The molecule has 20 heavy (non-hydrogen) atoms. The van der Waals surface area contributed by atoms with Crippen LogP contribution in [0, 0.1) is 5.92 Å². The van der Waals surface area contributed by atoms with Crippen LogP contribution in [0.3, 0.4) is 0 Å². The van der Waals surface area contributed by atoms with E-state index in [1.54, 1.807) is 14.0 Å². The van der Waals surface area contributed by atoms with Gasteiger partial charge in [0.2, 0.25) is 0 Å². The van der Waals surface area contributed by atoms with E-state index in [-0.39, 0.29) is 5.97 Å². The Morgan fingerprint density at radius 3 is 2.65 bits per heavy atom. The van der Waals surface area contributed by atoms with E-state index in [2.05, 4.69) is 5.16 Å². The third kappa shape index (κ3) is 5.30. The highest BCUT2D eigenvalue weighted by atomic mass is 16.5. The average molecular weight is 279 g/mol. The number of hydrogen-bond acceptors (Lipinski definition) is 5. The lowest BCUT2D eigenvalue weighted by atomic mass is 10.0. The second-order valence-electron chi connectivity index (χ2n) is 4.36. The van der Waals surface area contributed by atoms with E-state index < -0.39 is 5.92 Å². The van der Waals surface area contributed by atoms with Gasteiger partial charge in [0, 0.05) is 0 Å². The fourth-order valence-corrected chi connectivity index (χ4v) is 1.90. The molecule has 0 saturated carbocycles. The number of esters is 1. The van der Waals surface area contributed by atoms with Crippen molar-refractivity contribution in [2.24, 2.45) is 11.1 Å². The van der Waals surface area contributed by atoms with Crippen LogP contribution >= 0.6 is 0 Å². The molecule has 0 saturated heterocycles. The molecular weight excluding hydrogens is 258 g/mol. The lowest BCUT2D eigenvalue weighted by Crippen LogP contribution is -2.19. The molecule has 1 rings (SSSR count). The molecule has 0 fully saturated rings. The van der Waals surface area contributed by atoms with Gasteiger partial charge in [0.25, 0.3) is 0 Å². The molecule has 0 radical (unpaired) electrons. The van der Waals surface area contributed by atoms with E-state index in [1.165, 1.54) is 11.8 Å². The van der Waals surface area contributed by atoms with Crippen LogP contribution in [-0.2, 0) is 16.0 Å². The van der Waals surface area contributed by atoms with Gasteiger partial charge in [-0.3, -0.25) is 4.79 Å². The first-order chi connectivity index (χ1) is 9.71. The molecule has 5 heteroatoms. The number of oxime groups is 1. The number of aryl methyl sites for hydroxylation is 1. The first-order valence-corrected chi connectivity index (χ1v) is 6.68. The predicted octanol–water partition coefficient (Wildman–Crippen LogP) is 2.66. The van der Waals surface area contributed by atoms with Crippen LogP contribution in [0.1, 0.15) is 25.3 Å². The second-order valence-corrected chi connectivity index (χ2v) is 4.36. The zero-order valence-electron chi connectivity index (χ0n) is 11.9. The minimum atomic E-state index is -0.488. The molecule has 0 aromatic heterocycles. The van der Waals surface area contributed by atoms with Crippen LogP contribution in [0.25, 0.3) is 0 Å². The number of hydrogen-bond donors (Lipinski definition) is 1. The molecule has 0 heterocycles. The number of methoxy groups -OCH3 is 1. The highest BCUT2D eigenvalue weighted by Crippen LogP contribution is 2.15. The van der Waals surface area contributed by atoms with Gasteiger partial charge in [-0.2, -0.15) is 0 Å². The molecule has 0 aliphatic heterocycles. The number of carbonyl (C=O) groups is 1. The number of nitrogens with zero attached hydrogens (tertiary/aromatic N) is 1. The van der Waals surface area contributed by atoms with Crippen LogP contribution in [0.15, 0.2) is 29.4 Å². The molecule has 5 nitrogen and oxygen atoms in total. The Labute approximate surface area is 119 Å². The van der Waals surface area contributed by atoms with Gasteiger partial charge in [-0.05, 0) is 43.9 Å². The fourth-order valence-electron chi connectivity index (χ4n) is 1.90. The summed E-state index contributed by atoms with van der Waals surface area (Å²) in [4.78, 5) is 11.6. The fraction of sp³-hybridized carbons (Fsp3) is 0.467. The van der Waals surface area contributed by atoms with Gasteiger partial charge in [0.15, 0.2) is 0 Å². The Morgan fingerprint density at radius 1 is 1.40 bits per heavy atom. The van der Waals surface area contributed by atoms with Gasteiger partial charge < -0.3 is 14.7 Å². The van der Waals surface area contributed by atoms with E-state index in [4.69, 9.17) is 14.7 Å². The molecule has 1 unspecified atom stereocenters. The molecular formula is C15H21NO4. The van der Waals surface area contributed by atoms with Crippen molar-refractivity contribution in [1.82, 2.24) is 0 Å². The maximum Gasteiger partial charge on any atom is 0.314 e. The van der Waals surface area contributed by atoms with E-state index in [0.29, 0.717) is 13.0 Å². The third-order valence-corrected chi connectivity index (χ3v) is 2.98. The van der Waals surface area contributed by atoms with Crippen LogP contribution in [-0.4, -0.2) is 31.1 Å². The summed E-state index contributed by atoms with van der Waals surface area (Å²) in [6.07, 6.45) is 3.47. The van der Waals surface area contributed by atoms with Crippen molar-refractivity contribution in [3.63, 3.8) is 0 Å². The zero-order valence-corrected chi connectivity index (χ0v) is 11.9. The summed E-state index contributed by atoms with van der Waals surface area (Å²) in [6.45, 7) is 2.08. The van der Waals surface area contributed by atoms with Crippen molar-refractivity contribution in [3.8, 4) is 5.75 Å². The van der Waals surface area contributed by atoms with Gasteiger partial charge in [0.05, 0.1) is 25.8 Å². The van der Waals surface area contributed by atoms with Crippen molar-refractivity contribution in [2.45, 2.75) is 26.2 Å². The highest BCUT2D eigenvalue weighted by molar-refractivity contribution is 5.89. The van der Waals surface area contributed by atoms with E-state index in [1.807, 2.05) is 24.3 Å². The summed E-state index contributed by atoms with van der Waals surface area (Å²) in [5.74, 6) is -0.0104. The summed E-state index contributed by atoms with van der Waals surface area (Å²) >= 11 is 0. The Hall–Kier alpha value is -2.04. The molecule has 1 aromatic rings. The SMILES string of the molecule is CCOC(=O)C(/C=N\O)CCCc1ccc(OC)cc1. The van der Waals surface area contributed by atoms with Gasteiger partial charge in [-0.1, -0.05) is 12.1 Å². The Kier molecular flexibility index (Phi) is 7.17. The summed E-state index contributed by atoms with van der Waals surface area (Å²) in [7, 11) is 1.63. The predicted molar refractivity (Wildman–Crippen MR) is 76.3 cm³/mol. The molecule has 0 bridgehead atoms. The first kappa shape index (κ1) is 16.0. The third-order valence-electron chi connectivity index (χ3n) is 2.98. The first-order valence-electron chi connectivity index (χ1n) is 6.68. The average Bonchev–Trinajstić information content (AvgIpc) is 2.47. The van der Waals surface area contributed by atoms with E-state index in [9.17, 15) is 4.79 Å². The molecule has 0 spiro atoms. The maximum absolute atomic E-state index is 11.6. The molecule has 1 N–H and O–H groups in total. The largest absolute Gasteiger partial charge is 0.497 e. The van der Waals surface area contributed by atoms with Crippen molar-refractivity contribution >= 4 is 12.2 Å². The van der Waals surface area contributed by atoms with Gasteiger partial charge in [-0.15, -0.1) is 5.16 Å². The molecule has 0 aliphatic carbocycles. The second kappa shape index (κ2) is 8.96. The molecule has 110 valence electrons. The van der Waals surface area contributed by atoms with Crippen molar-refractivity contribution in [1.29, 1.82) is 0 Å².